The van der Waals surface area contributed by atoms with Crippen molar-refractivity contribution < 1.29 is 0 Å². The fourth-order valence-electron chi connectivity index (χ4n) is 2.87. The Morgan fingerprint density at radius 2 is 1.58 bits per heavy atom. The average molecular weight is 343 g/mol. The SMILES string of the molecule is Cc1ccc(-c2nc3nc(C)cc(Nc4ccc(C)c(C)c4)n3n2)cc1. The topological polar surface area (TPSA) is 55.1 Å². The molecule has 0 fully saturated rings. The van der Waals surface area contributed by atoms with Crippen LogP contribution in [0.1, 0.15) is 22.4 Å². The van der Waals surface area contributed by atoms with Crippen LogP contribution in [0.2, 0.25) is 0 Å². The Balaban J connectivity index is 1.78. The van der Waals surface area contributed by atoms with E-state index in [4.69, 9.17) is 0 Å². The summed E-state index contributed by atoms with van der Waals surface area (Å²) in [5.41, 5.74) is 6.63. The third kappa shape index (κ3) is 3.04. The van der Waals surface area contributed by atoms with E-state index in [9.17, 15) is 0 Å². The van der Waals surface area contributed by atoms with Crippen LogP contribution in [0.4, 0.5) is 11.5 Å². The molecule has 0 spiro atoms. The second-order valence-electron chi connectivity index (χ2n) is 6.72. The van der Waals surface area contributed by atoms with Crippen LogP contribution >= 0.6 is 0 Å². The van der Waals surface area contributed by atoms with Crippen LogP contribution < -0.4 is 5.32 Å². The van der Waals surface area contributed by atoms with Gasteiger partial charge in [0.25, 0.3) is 5.78 Å². The summed E-state index contributed by atoms with van der Waals surface area (Å²) in [5, 5.41) is 8.12. The smallest absolute Gasteiger partial charge is 0.254 e. The fraction of sp³-hybridized carbons (Fsp3) is 0.190. The molecule has 0 amide bonds. The molecule has 5 heteroatoms. The van der Waals surface area contributed by atoms with Gasteiger partial charge in [0.1, 0.15) is 5.82 Å². The number of nitrogens with one attached hydrogen (secondary N) is 1. The summed E-state index contributed by atoms with van der Waals surface area (Å²) in [5.74, 6) is 2.11. The lowest BCUT2D eigenvalue weighted by Crippen LogP contribution is -2.03. The van der Waals surface area contributed by atoms with E-state index in [2.05, 4.69) is 71.5 Å². The first-order valence-electron chi connectivity index (χ1n) is 8.65. The Kier molecular flexibility index (Phi) is 3.92. The quantitative estimate of drug-likeness (QED) is 0.582. The molecule has 2 aromatic heterocycles. The van der Waals surface area contributed by atoms with Crippen molar-refractivity contribution in [2.45, 2.75) is 27.7 Å². The van der Waals surface area contributed by atoms with E-state index in [-0.39, 0.29) is 0 Å². The molecule has 0 bridgehead atoms. The van der Waals surface area contributed by atoms with Crippen LogP contribution in [-0.2, 0) is 0 Å². The van der Waals surface area contributed by atoms with Gasteiger partial charge in [-0.25, -0.2) is 4.98 Å². The maximum Gasteiger partial charge on any atom is 0.254 e. The van der Waals surface area contributed by atoms with Crippen molar-refractivity contribution in [3.8, 4) is 11.4 Å². The Bertz CT molecular complexity index is 1090. The summed E-state index contributed by atoms with van der Waals surface area (Å²) < 4.78 is 1.76. The number of aromatic nitrogens is 4. The molecule has 0 radical (unpaired) electrons. The zero-order valence-electron chi connectivity index (χ0n) is 15.4. The van der Waals surface area contributed by atoms with Crippen molar-refractivity contribution in [1.82, 2.24) is 19.6 Å². The first-order valence-corrected chi connectivity index (χ1v) is 8.65. The Labute approximate surface area is 152 Å². The molecule has 0 aliphatic heterocycles. The third-order valence-corrected chi connectivity index (χ3v) is 4.53. The number of hydrogen-bond acceptors (Lipinski definition) is 4. The molecule has 5 nitrogen and oxygen atoms in total. The summed E-state index contributed by atoms with van der Waals surface area (Å²) in [6.07, 6.45) is 0. The first kappa shape index (κ1) is 16.3. The van der Waals surface area contributed by atoms with Gasteiger partial charge in [-0.3, -0.25) is 0 Å². The summed E-state index contributed by atoms with van der Waals surface area (Å²) >= 11 is 0. The van der Waals surface area contributed by atoms with Crippen LogP contribution in [-0.4, -0.2) is 19.6 Å². The fourth-order valence-corrected chi connectivity index (χ4v) is 2.87. The number of benzene rings is 2. The van der Waals surface area contributed by atoms with E-state index < -0.39 is 0 Å². The normalized spacial score (nSPS) is 11.1. The first-order chi connectivity index (χ1) is 12.5. The predicted octanol–water partition coefficient (Wildman–Crippen LogP) is 4.77. The summed E-state index contributed by atoms with van der Waals surface area (Å²) in [6.45, 7) is 8.25. The number of hydrogen-bond donors (Lipinski definition) is 1. The average Bonchev–Trinajstić information content (AvgIpc) is 3.03. The highest BCUT2D eigenvalue weighted by molar-refractivity contribution is 5.63. The minimum atomic E-state index is 0.590. The van der Waals surface area contributed by atoms with Crippen molar-refractivity contribution in [3.63, 3.8) is 0 Å². The van der Waals surface area contributed by atoms with Crippen molar-refractivity contribution >= 4 is 17.3 Å². The van der Waals surface area contributed by atoms with Gasteiger partial charge in [0.05, 0.1) is 0 Å². The van der Waals surface area contributed by atoms with E-state index >= 15 is 0 Å². The molecular formula is C21H21N5. The number of anilines is 2. The summed E-state index contributed by atoms with van der Waals surface area (Å²) in [7, 11) is 0. The van der Waals surface area contributed by atoms with Gasteiger partial charge in [0, 0.05) is 23.0 Å². The molecule has 2 heterocycles. The molecule has 130 valence electrons. The van der Waals surface area contributed by atoms with Gasteiger partial charge in [0.2, 0.25) is 0 Å². The molecule has 4 aromatic rings. The highest BCUT2D eigenvalue weighted by Gasteiger charge is 2.12. The van der Waals surface area contributed by atoms with Gasteiger partial charge in [-0.1, -0.05) is 35.9 Å². The van der Waals surface area contributed by atoms with E-state index in [1.54, 1.807) is 4.52 Å². The van der Waals surface area contributed by atoms with Crippen molar-refractivity contribution in [2.75, 3.05) is 5.32 Å². The molecule has 0 atom stereocenters. The van der Waals surface area contributed by atoms with Gasteiger partial charge < -0.3 is 5.32 Å². The predicted molar refractivity (Wildman–Crippen MR) is 105 cm³/mol. The molecule has 1 N–H and O–H groups in total. The molecule has 4 rings (SSSR count). The number of rotatable bonds is 3. The van der Waals surface area contributed by atoms with Crippen LogP contribution in [0.15, 0.2) is 48.5 Å². The highest BCUT2D eigenvalue weighted by atomic mass is 15.4. The zero-order chi connectivity index (χ0) is 18.3. The van der Waals surface area contributed by atoms with Gasteiger partial charge in [-0.15, -0.1) is 5.10 Å². The minimum absolute atomic E-state index is 0.590. The lowest BCUT2D eigenvalue weighted by atomic mass is 10.1. The molecular weight excluding hydrogens is 322 g/mol. The minimum Gasteiger partial charge on any atom is -0.340 e. The largest absolute Gasteiger partial charge is 0.340 e. The highest BCUT2D eigenvalue weighted by Crippen LogP contribution is 2.23. The number of nitrogens with zero attached hydrogens (tertiary/aromatic N) is 4. The summed E-state index contributed by atoms with van der Waals surface area (Å²) in [4.78, 5) is 9.13. The van der Waals surface area contributed by atoms with Gasteiger partial charge >= 0.3 is 0 Å². The Morgan fingerprint density at radius 1 is 0.808 bits per heavy atom. The molecule has 0 aliphatic carbocycles. The number of fused-ring (bicyclic) bond motifs is 1. The lowest BCUT2D eigenvalue weighted by molar-refractivity contribution is 0.940. The van der Waals surface area contributed by atoms with Crippen molar-refractivity contribution in [2.24, 2.45) is 0 Å². The van der Waals surface area contributed by atoms with Crippen LogP contribution in [0, 0.1) is 27.7 Å². The van der Waals surface area contributed by atoms with Crippen molar-refractivity contribution in [1.29, 1.82) is 0 Å². The van der Waals surface area contributed by atoms with E-state index in [0.717, 1.165) is 22.8 Å². The van der Waals surface area contributed by atoms with E-state index in [0.29, 0.717) is 11.6 Å². The maximum atomic E-state index is 4.67. The molecule has 0 aliphatic rings. The van der Waals surface area contributed by atoms with Crippen LogP contribution in [0.25, 0.3) is 17.2 Å². The molecule has 0 saturated carbocycles. The van der Waals surface area contributed by atoms with Gasteiger partial charge in [-0.2, -0.15) is 9.50 Å². The Hall–Kier alpha value is -3.21. The molecule has 0 unspecified atom stereocenters. The molecule has 0 saturated heterocycles. The maximum absolute atomic E-state index is 4.67. The van der Waals surface area contributed by atoms with E-state index in [1.807, 2.05) is 25.1 Å². The van der Waals surface area contributed by atoms with E-state index in [1.165, 1.54) is 16.7 Å². The van der Waals surface area contributed by atoms with Crippen LogP contribution in [0.3, 0.4) is 0 Å². The van der Waals surface area contributed by atoms with Gasteiger partial charge in [-0.05, 0) is 51.0 Å². The van der Waals surface area contributed by atoms with Gasteiger partial charge in [0.15, 0.2) is 5.82 Å². The second kappa shape index (κ2) is 6.26. The zero-order valence-corrected chi connectivity index (χ0v) is 15.4. The molecule has 26 heavy (non-hydrogen) atoms. The third-order valence-electron chi connectivity index (χ3n) is 4.53. The monoisotopic (exact) mass is 343 g/mol. The number of aryl methyl sites for hydroxylation is 4. The summed E-state index contributed by atoms with van der Waals surface area (Å²) in [6, 6.07) is 16.5. The lowest BCUT2D eigenvalue weighted by Gasteiger charge is -2.10. The Morgan fingerprint density at radius 3 is 2.31 bits per heavy atom. The van der Waals surface area contributed by atoms with Crippen LogP contribution in [0.5, 0.6) is 0 Å². The second-order valence-corrected chi connectivity index (χ2v) is 6.72. The molecule has 2 aromatic carbocycles. The van der Waals surface area contributed by atoms with Crippen molar-refractivity contribution in [3.05, 3.63) is 70.9 Å². The standard InChI is InChI=1S/C21H21N5/c1-13-5-8-17(9-6-13)20-24-21-22-16(4)12-19(26(21)25-20)23-18-10-7-14(2)15(3)11-18/h5-12,23H,1-4H3.